The third kappa shape index (κ3) is 3.43. The number of amides is 1. The van der Waals surface area contributed by atoms with Gasteiger partial charge < -0.3 is 0 Å². The van der Waals surface area contributed by atoms with E-state index in [-0.39, 0.29) is 17.2 Å². The highest BCUT2D eigenvalue weighted by molar-refractivity contribution is 7.91. The predicted molar refractivity (Wildman–Crippen MR) is 88.0 cm³/mol. The molecular weight excluding hydrogens is 314 g/mol. The molecule has 2 aromatic rings. The predicted octanol–water partition coefficient (Wildman–Crippen LogP) is 2.94. The number of carbonyl (C=O) groups is 1. The molecule has 0 heterocycles. The van der Waals surface area contributed by atoms with E-state index in [0.717, 1.165) is 0 Å². The second-order valence-electron chi connectivity index (χ2n) is 5.38. The molecule has 1 amide bonds. The molecule has 0 saturated heterocycles. The largest absolute Gasteiger partial charge is 0.289 e. The number of carbonyl (C=O) groups excluding carboxylic acids is 1. The van der Waals surface area contributed by atoms with Gasteiger partial charge in [-0.25, -0.2) is 13.9 Å². The van der Waals surface area contributed by atoms with Crippen LogP contribution in [0.2, 0.25) is 0 Å². The van der Waals surface area contributed by atoms with Crippen LogP contribution in [0.15, 0.2) is 64.4 Å². The standard InChI is InChI=1S/C16H17NO4S.CH4/c1-16(2,15(18)17-19)13-10-6-7-11-14(13)22(20,21)12-8-4-3-5-9-12;/h3-11,19H,1-2H3,(H,17,18);1H4. The molecule has 0 spiro atoms. The zero-order chi connectivity index (χ0) is 16.4. The summed E-state index contributed by atoms with van der Waals surface area (Å²) in [5.74, 6) is -0.678. The fraction of sp³-hybridized carbons (Fsp3) is 0.235. The van der Waals surface area contributed by atoms with Crippen LogP contribution in [0.4, 0.5) is 0 Å². The monoisotopic (exact) mass is 335 g/mol. The number of hydrogen-bond donors (Lipinski definition) is 2. The smallest absolute Gasteiger partial charge is 0.253 e. The van der Waals surface area contributed by atoms with E-state index < -0.39 is 21.2 Å². The molecule has 5 nitrogen and oxygen atoms in total. The number of hydroxylamine groups is 1. The van der Waals surface area contributed by atoms with E-state index in [9.17, 15) is 13.2 Å². The summed E-state index contributed by atoms with van der Waals surface area (Å²) in [6, 6.07) is 14.3. The van der Waals surface area contributed by atoms with Gasteiger partial charge in [0.2, 0.25) is 9.84 Å². The van der Waals surface area contributed by atoms with Crippen molar-refractivity contribution in [2.24, 2.45) is 0 Å². The Labute approximate surface area is 136 Å². The van der Waals surface area contributed by atoms with Crippen LogP contribution in [0.5, 0.6) is 0 Å². The fourth-order valence-electron chi connectivity index (χ4n) is 2.21. The van der Waals surface area contributed by atoms with Gasteiger partial charge in [0.05, 0.1) is 15.2 Å². The lowest BCUT2D eigenvalue weighted by molar-refractivity contribution is -0.134. The molecule has 0 radical (unpaired) electrons. The minimum atomic E-state index is -3.76. The van der Waals surface area contributed by atoms with Crippen molar-refractivity contribution in [2.75, 3.05) is 0 Å². The van der Waals surface area contributed by atoms with E-state index in [1.54, 1.807) is 55.7 Å². The molecule has 0 bridgehead atoms. The van der Waals surface area contributed by atoms with E-state index >= 15 is 0 Å². The summed E-state index contributed by atoms with van der Waals surface area (Å²) in [6.45, 7) is 3.11. The molecule has 6 heteroatoms. The van der Waals surface area contributed by atoms with Gasteiger partial charge in [0.1, 0.15) is 0 Å². The molecular formula is C17H21NO4S. The number of rotatable bonds is 4. The first-order chi connectivity index (χ1) is 10.3. The van der Waals surface area contributed by atoms with Crippen LogP contribution in [0.1, 0.15) is 26.8 Å². The van der Waals surface area contributed by atoms with Gasteiger partial charge in [-0.15, -0.1) is 0 Å². The molecule has 23 heavy (non-hydrogen) atoms. The maximum Gasteiger partial charge on any atom is 0.253 e. The summed E-state index contributed by atoms with van der Waals surface area (Å²) in [5, 5.41) is 8.89. The lowest BCUT2D eigenvalue weighted by Gasteiger charge is -2.25. The summed E-state index contributed by atoms with van der Waals surface area (Å²) in [4.78, 5) is 12.1. The first-order valence-corrected chi connectivity index (χ1v) is 8.14. The van der Waals surface area contributed by atoms with Crippen LogP contribution in [-0.2, 0) is 20.0 Å². The Morgan fingerprint density at radius 2 is 1.52 bits per heavy atom. The van der Waals surface area contributed by atoms with Crippen molar-refractivity contribution in [1.29, 1.82) is 0 Å². The summed E-state index contributed by atoms with van der Waals surface area (Å²) < 4.78 is 25.6. The van der Waals surface area contributed by atoms with Gasteiger partial charge in [-0.3, -0.25) is 10.0 Å². The van der Waals surface area contributed by atoms with Crippen LogP contribution in [0.25, 0.3) is 0 Å². The molecule has 0 atom stereocenters. The molecule has 2 aromatic carbocycles. The van der Waals surface area contributed by atoms with Crippen molar-refractivity contribution in [3.05, 3.63) is 60.2 Å². The number of nitrogens with one attached hydrogen (secondary N) is 1. The van der Waals surface area contributed by atoms with E-state index in [1.165, 1.54) is 18.2 Å². The van der Waals surface area contributed by atoms with Crippen LogP contribution < -0.4 is 5.48 Å². The minimum absolute atomic E-state index is 0. The summed E-state index contributed by atoms with van der Waals surface area (Å²) in [5.41, 5.74) is 0.712. The van der Waals surface area contributed by atoms with E-state index in [2.05, 4.69) is 0 Å². The molecule has 0 saturated carbocycles. The maximum atomic E-state index is 12.8. The molecule has 0 aliphatic heterocycles. The third-order valence-electron chi connectivity index (χ3n) is 3.57. The van der Waals surface area contributed by atoms with E-state index in [4.69, 9.17) is 5.21 Å². The summed E-state index contributed by atoms with van der Waals surface area (Å²) >= 11 is 0. The zero-order valence-electron chi connectivity index (χ0n) is 12.3. The van der Waals surface area contributed by atoms with E-state index in [0.29, 0.717) is 5.56 Å². The molecule has 0 aliphatic rings. The first-order valence-electron chi connectivity index (χ1n) is 6.66. The number of hydrogen-bond acceptors (Lipinski definition) is 4. The second kappa shape index (κ2) is 6.93. The van der Waals surface area contributed by atoms with E-state index in [1.807, 2.05) is 0 Å². The highest BCUT2D eigenvalue weighted by Crippen LogP contribution is 2.32. The highest BCUT2D eigenvalue weighted by Gasteiger charge is 2.35. The molecule has 0 unspecified atom stereocenters. The molecule has 124 valence electrons. The maximum absolute atomic E-state index is 12.8. The summed E-state index contributed by atoms with van der Waals surface area (Å²) in [6.07, 6.45) is 0. The van der Waals surface area contributed by atoms with Crippen LogP contribution in [-0.4, -0.2) is 19.5 Å². The van der Waals surface area contributed by atoms with Crippen molar-refractivity contribution >= 4 is 15.7 Å². The second-order valence-corrected chi connectivity index (χ2v) is 7.30. The van der Waals surface area contributed by atoms with Crippen molar-refractivity contribution in [3.8, 4) is 0 Å². The van der Waals surface area contributed by atoms with Gasteiger partial charge in [0.25, 0.3) is 5.91 Å². The third-order valence-corrected chi connectivity index (χ3v) is 5.40. The van der Waals surface area contributed by atoms with Crippen molar-refractivity contribution in [2.45, 2.75) is 36.5 Å². The Morgan fingerprint density at radius 1 is 1.00 bits per heavy atom. The van der Waals surface area contributed by atoms with Crippen LogP contribution in [0, 0.1) is 0 Å². The Hall–Kier alpha value is -2.18. The van der Waals surface area contributed by atoms with Gasteiger partial charge in [-0.2, -0.15) is 0 Å². The number of sulfone groups is 1. The average molecular weight is 335 g/mol. The molecule has 2 N–H and O–H groups in total. The van der Waals surface area contributed by atoms with Gasteiger partial charge in [0.15, 0.2) is 0 Å². The lowest BCUT2D eigenvalue weighted by Crippen LogP contribution is -2.39. The first kappa shape index (κ1) is 18.9. The Kier molecular flexibility index (Phi) is 5.69. The SMILES string of the molecule is C.CC(C)(C(=O)NO)c1ccccc1S(=O)(=O)c1ccccc1. The fourth-order valence-corrected chi connectivity index (χ4v) is 3.85. The minimum Gasteiger partial charge on any atom is -0.289 e. The normalized spacial score (nSPS) is 11.4. The van der Waals surface area contributed by atoms with Crippen molar-refractivity contribution < 1.29 is 18.4 Å². The van der Waals surface area contributed by atoms with Gasteiger partial charge in [0, 0.05) is 0 Å². The molecule has 0 aliphatic carbocycles. The van der Waals surface area contributed by atoms with Crippen LogP contribution in [0.3, 0.4) is 0 Å². The molecule has 0 aromatic heterocycles. The van der Waals surface area contributed by atoms with Gasteiger partial charge in [-0.05, 0) is 37.6 Å². The van der Waals surface area contributed by atoms with Crippen molar-refractivity contribution in [1.82, 2.24) is 5.48 Å². The van der Waals surface area contributed by atoms with Gasteiger partial charge >= 0.3 is 0 Å². The Balaban J connectivity index is 0.00000264. The van der Waals surface area contributed by atoms with Crippen molar-refractivity contribution in [3.63, 3.8) is 0 Å². The average Bonchev–Trinajstić information content (AvgIpc) is 2.54. The highest BCUT2D eigenvalue weighted by atomic mass is 32.2. The summed E-state index contributed by atoms with van der Waals surface area (Å²) in [7, 11) is -3.76. The van der Waals surface area contributed by atoms with Crippen LogP contribution >= 0.6 is 0 Å². The topological polar surface area (TPSA) is 83.5 Å². The zero-order valence-corrected chi connectivity index (χ0v) is 13.1. The number of benzene rings is 2. The molecule has 0 fully saturated rings. The Morgan fingerprint density at radius 3 is 2.09 bits per heavy atom. The lowest BCUT2D eigenvalue weighted by atomic mass is 9.84. The van der Waals surface area contributed by atoms with Gasteiger partial charge in [-0.1, -0.05) is 43.8 Å². The molecule has 2 rings (SSSR count). The quantitative estimate of drug-likeness (QED) is 0.665. The Bertz CT molecular complexity index is 783.